The van der Waals surface area contributed by atoms with Crippen molar-refractivity contribution in [3.8, 4) is 33.4 Å². The largest absolute Gasteiger partial charge is 0.456 e. The molecule has 2 heterocycles. The second-order valence-corrected chi connectivity index (χ2v) is 15.1. The number of hydrogen-bond acceptors (Lipinski definition) is 3. The number of thiophene rings is 1. The Bertz CT molecular complexity index is 3200. The molecule has 0 unspecified atom stereocenters. The van der Waals surface area contributed by atoms with Crippen molar-refractivity contribution in [2.75, 3.05) is 4.90 Å². The van der Waals surface area contributed by atoms with E-state index in [9.17, 15) is 0 Å². The number of fused-ring (bicyclic) bond motifs is 7. The van der Waals surface area contributed by atoms with Gasteiger partial charge in [-0.05, 0) is 81.1 Å². The van der Waals surface area contributed by atoms with Crippen molar-refractivity contribution in [1.82, 2.24) is 0 Å². The van der Waals surface area contributed by atoms with Crippen LogP contribution >= 0.6 is 11.3 Å². The molecule has 3 heteroatoms. The standard InChI is InChI=1S/C52H33NOS/c1-2-13-35(14-3-1)41-32-29-37(40-20-10-16-34-15-4-5-17-39(34)40)33-47(41)53(46-23-12-25-49-51(46)45-19-6-8-24-48(45)54-49)38-30-27-36(28-31-38)42-21-11-22-44-43-18-7-9-26-50(43)55-52(42)44/h1-33H. The summed E-state index contributed by atoms with van der Waals surface area (Å²) >= 11 is 1.87. The molecule has 0 bridgehead atoms. The van der Waals surface area contributed by atoms with Gasteiger partial charge in [-0.1, -0.05) is 158 Å². The van der Waals surface area contributed by atoms with E-state index in [-0.39, 0.29) is 0 Å². The predicted molar refractivity (Wildman–Crippen MR) is 235 cm³/mol. The van der Waals surface area contributed by atoms with E-state index < -0.39 is 0 Å². The van der Waals surface area contributed by atoms with E-state index in [1.807, 2.05) is 17.4 Å². The van der Waals surface area contributed by atoms with Gasteiger partial charge < -0.3 is 9.32 Å². The van der Waals surface area contributed by atoms with Crippen LogP contribution in [0, 0.1) is 0 Å². The van der Waals surface area contributed by atoms with E-state index >= 15 is 0 Å². The highest BCUT2D eigenvalue weighted by Crippen LogP contribution is 2.48. The van der Waals surface area contributed by atoms with Gasteiger partial charge in [-0.3, -0.25) is 0 Å². The summed E-state index contributed by atoms with van der Waals surface area (Å²) in [5.41, 5.74) is 12.1. The lowest BCUT2D eigenvalue weighted by atomic mass is 9.93. The van der Waals surface area contributed by atoms with E-state index in [1.165, 1.54) is 47.6 Å². The maximum Gasteiger partial charge on any atom is 0.137 e. The van der Waals surface area contributed by atoms with Gasteiger partial charge >= 0.3 is 0 Å². The van der Waals surface area contributed by atoms with E-state index in [0.717, 1.165) is 55.7 Å². The van der Waals surface area contributed by atoms with Crippen LogP contribution in [-0.4, -0.2) is 0 Å². The molecule has 258 valence electrons. The second-order valence-electron chi connectivity index (χ2n) is 14.0. The minimum absolute atomic E-state index is 0.864. The van der Waals surface area contributed by atoms with Crippen LogP contribution in [0.5, 0.6) is 0 Å². The van der Waals surface area contributed by atoms with Crippen LogP contribution < -0.4 is 4.90 Å². The Hall–Kier alpha value is -6.94. The van der Waals surface area contributed by atoms with E-state index in [1.54, 1.807) is 0 Å². The average molecular weight is 720 g/mol. The maximum atomic E-state index is 6.49. The molecule has 0 saturated carbocycles. The Balaban J connectivity index is 1.17. The van der Waals surface area contributed by atoms with Gasteiger partial charge in [0.1, 0.15) is 11.2 Å². The van der Waals surface area contributed by atoms with Crippen LogP contribution in [0.2, 0.25) is 0 Å². The van der Waals surface area contributed by atoms with Gasteiger partial charge in [0.2, 0.25) is 0 Å². The topological polar surface area (TPSA) is 16.4 Å². The zero-order chi connectivity index (χ0) is 36.3. The van der Waals surface area contributed by atoms with E-state index in [2.05, 4.69) is 199 Å². The number of nitrogens with zero attached hydrogens (tertiary/aromatic N) is 1. The van der Waals surface area contributed by atoms with Gasteiger partial charge in [-0.15, -0.1) is 11.3 Å². The van der Waals surface area contributed by atoms with Crippen LogP contribution in [0.4, 0.5) is 17.1 Å². The quantitative estimate of drug-likeness (QED) is 0.170. The summed E-state index contributed by atoms with van der Waals surface area (Å²) in [6.07, 6.45) is 0. The smallest absolute Gasteiger partial charge is 0.137 e. The highest BCUT2D eigenvalue weighted by atomic mass is 32.1. The number of anilines is 3. The number of hydrogen-bond donors (Lipinski definition) is 0. The van der Waals surface area contributed by atoms with Crippen LogP contribution in [0.15, 0.2) is 205 Å². The molecular weight excluding hydrogens is 687 g/mol. The summed E-state index contributed by atoms with van der Waals surface area (Å²) in [6.45, 7) is 0. The van der Waals surface area contributed by atoms with Gasteiger partial charge in [0.25, 0.3) is 0 Å². The van der Waals surface area contributed by atoms with Crippen LogP contribution in [0.1, 0.15) is 0 Å². The van der Waals surface area contributed by atoms with Gasteiger partial charge in [0.05, 0.1) is 16.8 Å². The van der Waals surface area contributed by atoms with Crippen molar-refractivity contribution in [3.05, 3.63) is 200 Å². The molecule has 0 amide bonds. The number of para-hydroxylation sites is 1. The summed E-state index contributed by atoms with van der Waals surface area (Å²) in [4.78, 5) is 2.44. The summed E-state index contributed by atoms with van der Waals surface area (Å²) < 4.78 is 9.12. The maximum absolute atomic E-state index is 6.49. The first kappa shape index (κ1) is 31.6. The second kappa shape index (κ2) is 12.9. The fourth-order valence-electron chi connectivity index (χ4n) is 8.34. The molecule has 0 aliphatic carbocycles. The molecule has 0 N–H and O–H groups in total. The molecule has 0 fully saturated rings. The monoisotopic (exact) mass is 719 g/mol. The van der Waals surface area contributed by atoms with Crippen LogP contribution in [0.3, 0.4) is 0 Å². The molecule has 0 spiro atoms. The zero-order valence-electron chi connectivity index (χ0n) is 29.8. The fraction of sp³-hybridized carbons (Fsp3) is 0. The van der Waals surface area contributed by atoms with Crippen molar-refractivity contribution >= 4 is 81.3 Å². The van der Waals surface area contributed by atoms with Crippen molar-refractivity contribution in [2.45, 2.75) is 0 Å². The zero-order valence-corrected chi connectivity index (χ0v) is 30.6. The third-order valence-corrected chi connectivity index (χ3v) is 12.1. The molecule has 0 aliphatic rings. The lowest BCUT2D eigenvalue weighted by Gasteiger charge is -2.29. The molecule has 0 saturated heterocycles. The molecule has 0 atom stereocenters. The van der Waals surface area contributed by atoms with Crippen molar-refractivity contribution in [1.29, 1.82) is 0 Å². The summed E-state index contributed by atoms with van der Waals surface area (Å²) in [5.74, 6) is 0. The molecular formula is C52H33NOS. The lowest BCUT2D eigenvalue weighted by molar-refractivity contribution is 0.669. The number of benzene rings is 9. The Labute approximate surface area is 322 Å². The first-order valence-electron chi connectivity index (χ1n) is 18.7. The van der Waals surface area contributed by atoms with Gasteiger partial charge in [0.15, 0.2) is 0 Å². The Morgan fingerprint density at radius 3 is 1.91 bits per heavy atom. The van der Waals surface area contributed by atoms with Gasteiger partial charge in [-0.2, -0.15) is 0 Å². The number of rotatable bonds is 6. The van der Waals surface area contributed by atoms with E-state index in [4.69, 9.17) is 4.42 Å². The minimum atomic E-state index is 0.864. The Kier molecular flexibility index (Phi) is 7.39. The highest BCUT2D eigenvalue weighted by Gasteiger charge is 2.23. The van der Waals surface area contributed by atoms with Crippen molar-refractivity contribution in [3.63, 3.8) is 0 Å². The third kappa shape index (κ3) is 5.24. The SMILES string of the molecule is c1ccc(-c2ccc(-c3cccc4ccccc34)cc2N(c2ccc(-c3cccc4c3sc3ccccc34)cc2)c2cccc3oc4ccccc4c23)cc1. The normalized spacial score (nSPS) is 11.6. The average Bonchev–Trinajstić information content (AvgIpc) is 3.83. The molecule has 55 heavy (non-hydrogen) atoms. The summed E-state index contributed by atoms with van der Waals surface area (Å²) in [5, 5.41) is 7.26. The molecule has 9 aromatic carbocycles. The number of furan rings is 1. The van der Waals surface area contributed by atoms with E-state index in [0.29, 0.717) is 0 Å². The minimum Gasteiger partial charge on any atom is -0.456 e. The van der Waals surface area contributed by atoms with Crippen LogP contribution in [-0.2, 0) is 0 Å². The summed E-state index contributed by atoms with van der Waals surface area (Å²) in [6, 6.07) is 72.2. The molecule has 11 rings (SSSR count). The van der Waals surface area contributed by atoms with Gasteiger partial charge in [-0.25, -0.2) is 0 Å². The first-order valence-corrected chi connectivity index (χ1v) is 19.5. The lowest BCUT2D eigenvalue weighted by Crippen LogP contribution is -2.12. The summed E-state index contributed by atoms with van der Waals surface area (Å²) in [7, 11) is 0. The van der Waals surface area contributed by atoms with Crippen molar-refractivity contribution in [2.24, 2.45) is 0 Å². The Morgan fingerprint density at radius 1 is 0.382 bits per heavy atom. The predicted octanol–water partition coefficient (Wildman–Crippen LogP) is 15.6. The van der Waals surface area contributed by atoms with Gasteiger partial charge in [0, 0.05) is 36.8 Å². The molecule has 0 aliphatic heterocycles. The molecule has 2 nitrogen and oxygen atoms in total. The van der Waals surface area contributed by atoms with Crippen molar-refractivity contribution < 1.29 is 4.42 Å². The Morgan fingerprint density at radius 2 is 1.02 bits per heavy atom. The molecule has 2 aromatic heterocycles. The van der Waals surface area contributed by atoms with Crippen LogP contribution in [0.25, 0.3) is 86.3 Å². The third-order valence-electron chi connectivity index (χ3n) is 10.9. The first-order chi connectivity index (χ1) is 27.3. The molecule has 0 radical (unpaired) electrons. The fourth-order valence-corrected chi connectivity index (χ4v) is 9.58. The highest BCUT2D eigenvalue weighted by molar-refractivity contribution is 7.26. The molecule has 11 aromatic rings.